The molecule has 35 heavy (non-hydrogen) atoms. The number of benzene rings is 3. The maximum absolute atomic E-state index is 15.1. The molecule has 5 nitrogen and oxygen atoms in total. The Morgan fingerprint density at radius 2 is 1.20 bits per heavy atom. The summed E-state index contributed by atoms with van der Waals surface area (Å²) in [4.78, 5) is 0. The van der Waals surface area contributed by atoms with E-state index in [2.05, 4.69) is 9.34 Å². The molecule has 184 valence electrons. The zero-order valence-electron chi connectivity index (χ0n) is 20.9. The van der Waals surface area contributed by atoms with Gasteiger partial charge in [0.1, 0.15) is 5.60 Å². The quantitative estimate of drug-likeness (QED) is 0.438. The summed E-state index contributed by atoms with van der Waals surface area (Å²) < 4.78 is 21.3. The fourth-order valence-electron chi connectivity index (χ4n) is 6.40. The molecule has 1 saturated carbocycles. The van der Waals surface area contributed by atoms with E-state index in [1.54, 1.807) is 0 Å². The Kier molecular flexibility index (Phi) is 6.73. The molecule has 3 unspecified atom stereocenters. The second-order valence-electron chi connectivity index (χ2n) is 9.97. The second kappa shape index (κ2) is 9.65. The molecule has 1 N–H and O–H groups in total. The lowest BCUT2D eigenvalue weighted by Crippen LogP contribution is -2.45. The highest BCUT2D eigenvalue weighted by Gasteiger charge is 2.58. The Balaban J connectivity index is 1.72. The summed E-state index contributed by atoms with van der Waals surface area (Å²) in [6, 6.07) is 29.6. The molecule has 2 fully saturated rings. The van der Waals surface area contributed by atoms with E-state index in [0.717, 1.165) is 29.5 Å². The number of nitrogens with zero attached hydrogens (tertiary/aromatic N) is 3. The van der Waals surface area contributed by atoms with Crippen LogP contribution in [0.3, 0.4) is 0 Å². The van der Waals surface area contributed by atoms with Crippen LogP contribution in [0.4, 0.5) is 0 Å². The smallest absolute Gasteiger partial charge is 0.287 e. The van der Waals surface area contributed by atoms with Gasteiger partial charge in [-0.3, -0.25) is 4.57 Å². The van der Waals surface area contributed by atoms with Gasteiger partial charge in [-0.25, -0.2) is 14.0 Å². The van der Waals surface area contributed by atoms with Crippen LogP contribution in [0.25, 0.3) is 0 Å². The summed E-state index contributed by atoms with van der Waals surface area (Å²) in [7, 11) is 2.78. The first-order valence-electron chi connectivity index (χ1n) is 12.6. The molecule has 1 heterocycles. The Morgan fingerprint density at radius 1 is 0.800 bits per heavy atom. The van der Waals surface area contributed by atoms with Crippen molar-refractivity contribution in [1.29, 1.82) is 0 Å². The molecule has 0 bridgehead atoms. The van der Waals surface area contributed by atoms with Crippen molar-refractivity contribution in [2.24, 2.45) is 0 Å². The van der Waals surface area contributed by atoms with Gasteiger partial charge in [0.15, 0.2) is 0 Å². The van der Waals surface area contributed by atoms with Gasteiger partial charge in [0.05, 0.1) is 6.04 Å². The average Bonchev–Trinajstić information content (AvgIpc) is 3.12. The Bertz CT molecular complexity index is 1110. The fraction of sp³-hybridized carbons (Fsp3) is 0.379. The molecule has 1 aliphatic carbocycles. The highest BCUT2D eigenvalue weighted by molar-refractivity contribution is 7.56. The molecule has 0 spiro atoms. The van der Waals surface area contributed by atoms with Crippen LogP contribution in [0.2, 0.25) is 0 Å². The molecular weight excluding hydrogens is 453 g/mol. The Morgan fingerprint density at radius 3 is 1.63 bits per heavy atom. The van der Waals surface area contributed by atoms with E-state index in [-0.39, 0.29) is 12.1 Å². The Hall–Kier alpha value is -2.27. The number of aliphatic hydroxyl groups is 1. The normalized spacial score (nSPS) is 26.5. The van der Waals surface area contributed by atoms with Gasteiger partial charge >= 0.3 is 0 Å². The number of rotatable bonds is 6. The molecule has 0 aromatic heterocycles. The second-order valence-corrected chi connectivity index (χ2v) is 12.9. The van der Waals surface area contributed by atoms with E-state index >= 15 is 4.57 Å². The van der Waals surface area contributed by atoms with Gasteiger partial charge in [-0.1, -0.05) is 104 Å². The maximum Gasteiger partial charge on any atom is 0.287 e. The minimum absolute atomic E-state index is 0.264. The van der Waals surface area contributed by atoms with E-state index in [1.807, 2.05) is 117 Å². The van der Waals surface area contributed by atoms with Crippen LogP contribution in [0.5, 0.6) is 0 Å². The summed E-state index contributed by atoms with van der Waals surface area (Å²) in [5.41, 5.74) is 1.06. The van der Waals surface area contributed by atoms with Gasteiger partial charge in [-0.15, -0.1) is 0 Å². The van der Waals surface area contributed by atoms with Crippen molar-refractivity contribution in [3.05, 3.63) is 108 Å². The van der Waals surface area contributed by atoms with Crippen molar-refractivity contribution in [1.82, 2.24) is 14.0 Å². The van der Waals surface area contributed by atoms with Gasteiger partial charge in [0.2, 0.25) is 0 Å². The number of fused-ring (bicyclic) bond motifs is 1. The van der Waals surface area contributed by atoms with Crippen LogP contribution in [0.1, 0.15) is 48.4 Å². The highest BCUT2D eigenvalue weighted by Crippen LogP contribution is 2.67. The van der Waals surface area contributed by atoms with Crippen LogP contribution >= 0.6 is 7.59 Å². The number of hydrogen-bond donors (Lipinski definition) is 1. The minimum atomic E-state index is -3.17. The molecule has 0 amide bonds. The van der Waals surface area contributed by atoms with Gasteiger partial charge in [-0.05, 0) is 50.7 Å². The molecule has 5 rings (SSSR count). The largest absolute Gasteiger partial charge is 0.378 e. The lowest BCUT2D eigenvalue weighted by Gasteiger charge is -2.46. The SMILES string of the molecule is CN1C2CCCCC2N(C)P1(=O)N(C)C(c1ccccc1)C(O)(c1ccccc1)c1ccccc1. The van der Waals surface area contributed by atoms with E-state index in [4.69, 9.17) is 0 Å². The summed E-state index contributed by atoms with van der Waals surface area (Å²) in [5, 5.41) is 12.8. The third kappa shape index (κ3) is 3.91. The number of hydrogen-bond acceptors (Lipinski definition) is 2. The maximum atomic E-state index is 15.1. The molecule has 2 aliphatic rings. The first kappa shape index (κ1) is 24.4. The van der Waals surface area contributed by atoms with E-state index in [1.165, 1.54) is 12.8 Å². The first-order valence-corrected chi connectivity index (χ1v) is 14.1. The van der Waals surface area contributed by atoms with Gasteiger partial charge in [0, 0.05) is 12.1 Å². The topological polar surface area (TPSA) is 47.0 Å². The highest BCUT2D eigenvalue weighted by atomic mass is 31.2. The van der Waals surface area contributed by atoms with Gasteiger partial charge < -0.3 is 5.11 Å². The molecule has 1 aliphatic heterocycles. The lowest BCUT2D eigenvalue weighted by molar-refractivity contribution is 0.00866. The van der Waals surface area contributed by atoms with E-state index in [9.17, 15) is 5.11 Å². The van der Waals surface area contributed by atoms with Crippen LogP contribution < -0.4 is 0 Å². The van der Waals surface area contributed by atoms with Gasteiger partial charge in [0.25, 0.3) is 7.59 Å². The van der Waals surface area contributed by atoms with Gasteiger partial charge in [-0.2, -0.15) is 0 Å². The zero-order chi connectivity index (χ0) is 24.6. The molecule has 3 aromatic rings. The zero-order valence-corrected chi connectivity index (χ0v) is 21.8. The van der Waals surface area contributed by atoms with Crippen molar-refractivity contribution < 1.29 is 9.67 Å². The molecule has 3 aromatic carbocycles. The Labute approximate surface area is 209 Å². The molecule has 3 atom stereocenters. The summed E-state index contributed by atoms with van der Waals surface area (Å²) in [6.45, 7) is 0. The predicted octanol–water partition coefficient (Wildman–Crippen LogP) is 5.89. The van der Waals surface area contributed by atoms with Crippen molar-refractivity contribution in [3.8, 4) is 0 Å². The lowest BCUT2D eigenvalue weighted by atomic mass is 9.77. The molecular formula is C29H36N3O2P. The van der Waals surface area contributed by atoms with Crippen LogP contribution in [0, 0.1) is 0 Å². The van der Waals surface area contributed by atoms with Crippen molar-refractivity contribution >= 4 is 7.59 Å². The van der Waals surface area contributed by atoms with Crippen molar-refractivity contribution in [3.63, 3.8) is 0 Å². The average molecular weight is 490 g/mol. The van der Waals surface area contributed by atoms with Crippen molar-refractivity contribution in [2.75, 3.05) is 21.1 Å². The third-order valence-corrected chi connectivity index (χ3v) is 11.5. The predicted molar refractivity (Wildman–Crippen MR) is 142 cm³/mol. The monoisotopic (exact) mass is 489 g/mol. The minimum Gasteiger partial charge on any atom is -0.378 e. The molecule has 6 heteroatoms. The standard InChI is InChI=1S/C29H36N3O2P/c1-30-26-21-13-14-22-27(26)31(2)35(30,34)32(3)28(23-15-7-4-8-16-23)29(33,24-17-9-5-10-18-24)25-19-11-6-12-20-25/h4-12,15-20,26-28,33H,13-14,21-22H2,1-3H3. The summed E-state index contributed by atoms with van der Waals surface area (Å²) in [5.74, 6) is 0. The molecule has 1 saturated heterocycles. The van der Waals surface area contributed by atoms with Crippen LogP contribution in [-0.2, 0) is 10.2 Å². The van der Waals surface area contributed by atoms with Crippen LogP contribution in [0.15, 0.2) is 91.0 Å². The number of likely N-dealkylation sites (N-methyl/N-ethyl adjacent to an activating group) is 3. The van der Waals surface area contributed by atoms with Crippen molar-refractivity contribution in [2.45, 2.75) is 49.4 Å². The van der Waals surface area contributed by atoms with E-state index < -0.39 is 19.2 Å². The fourth-order valence-corrected chi connectivity index (χ4v) is 9.65. The first-order chi connectivity index (χ1) is 16.9. The summed E-state index contributed by atoms with van der Waals surface area (Å²) in [6.07, 6.45) is 4.45. The third-order valence-electron chi connectivity index (χ3n) is 8.20. The van der Waals surface area contributed by atoms with E-state index in [0.29, 0.717) is 0 Å². The van der Waals surface area contributed by atoms with Crippen LogP contribution in [-0.4, -0.2) is 52.3 Å². The summed E-state index contributed by atoms with van der Waals surface area (Å²) >= 11 is 0. The molecule has 0 radical (unpaired) electrons.